The Morgan fingerprint density at radius 2 is 0.929 bits per heavy atom. The van der Waals surface area contributed by atoms with E-state index in [2.05, 4.69) is 247 Å². The minimum Gasteiger partial charge on any atom is -0.311 e. The van der Waals surface area contributed by atoms with Gasteiger partial charge in [0.25, 0.3) is 6.71 Å². The third-order valence-corrected chi connectivity index (χ3v) is 17.5. The van der Waals surface area contributed by atoms with Crippen LogP contribution in [0.1, 0.15) is 162 Å². The molecule has 0 saturated heterocycles. The second kappa shape index (κ2) is 15.6. The van der Waals surface area contributed by atoms with E-state index in [0.29, 0.717) is 0 Å². The molecule has 0 bridgehead atoms. The van der Waals surface area contributed by atoms with Gasteiger partial charge in [0.2, 0.25) is 0 Å². The Bertz CT molecular complexity index is 3240. The van der Waals surface area contributed by atoms with Gasteiger partial charge in [0, 0.05) is 34.0 Å². The molecule has 0 fully saturated rings. The van der Waals surface area contributed by atoms with Crippen molar-refractivity contribution in [3.63, 3.8) is 0 Å². The van der Waals surface area contributed by atoms with Crippen molar-refractivity contribution in [3.05, 3.63) is 172 Å². The van der Waals surface area contributed by atoms with Crippen molar-refractivity contribution in [1.29, 1.82) is 0 Å². The van der Waals surface area contributed by atoms with Gasteiger partial charge in [0.1, 0.15) is 0 Å². The van der Waals surface area contributed by atoms with Crippen LogP contribution in [0.3, 0.4) is 0 Å². The Morgan fingerprint density at radius 1 is 0.414 bits per heavy atom. The van der Waals surface area contributed by atoms with Gasteiger partial charge in [-0.3, -0.25) is 0 Å². The van der Waals surface area contributed by atoms with Crippen LogP contribution in [0.25, 0.3) is 22.3 Å². The number of nitrogens with zero attached hydrogens (tertiary/aromatic N) is 2. The first-order valence-electron chi connectivity index (χ1n) is 26.4. The minimum absolute atomic E-state index is 0.0267. The molecule has 70 heavy (non-hydrogen) atoms. The topological polar surface area (TPSA) is 6.48 Å². The van der Waals surface area contributed by atoms with Gasteiger partial charge in [-0.1, -0.05) is 182 Å². The molecule has 0 N–H and O–H groups in total. The molecule has 2 nitrogen and oxygen atoms in total. The normalized spacial score (nSPS) is 18.1. The molecule has 0 radical (unpaired) electrons. The molecule has 11 rings (SSSR count). The summed E-state index contributed by atoms with van der Waals surface area (Å²) < 4.78 is 0. The van der Waals surface area contributed by atoms with Gasteiger partial charge < -0.3 is 9.80 Å². The van der Waals surface area contributed by atoms with Crippen LogP contribution in [0.5, 0.6) is 0 Å². The molecular formula is C67H75BN2. The molecule has 2 aliphatic carbocycles. The lowest BCUT2D eigenvalue weighted by atomic mass is 9.33. The fourth-order valence-electron chi connectivity index (χ4n) is 13.0. The zero-order valence-corrected chi connectivity index (χ0v) is 45.0. The number of rotatable bonds is 4. The van der Waals surface area contributed by atoms with Crippen LogP contribution in [0.4, 0.5) is 34.1 Å². The monoisotopic (exact) mass is 919 g/mol. The van der Waals surface area contributed by atoms with Crippen LogP contribution in [0, 0.1) is 6.92 Å². The first-order valence-corrected chi connectivity index (χ1v) is 26.4. The van der Waals surface area contributed by atoms with Crippen molar-refractivity contribution in [2.75, 3.05) is 9.80 Å². The number of aryl methyl sites for hydroxylation is 1. The highest BCUT2D eigenvalue weighted by Gasteiger charge is 2.48. The Hall–Kier alpha value is -5.80. The van der Waals surface area contributed by atoms with Crippen LogP contribution in [0.2, 0.25) is 0 Å². The Labute approximate surface area is 421 Å². The fourth-order valence-corrected chi connectivity index (χ4v) is 13.0. The molecule has 2 heterocycles. The van der Waals surface area contributed by atoms with E-state index in [0.717, 1.165) is 0 Å². The average Bonchev–Trinajstić information content (AvgIpc) is 3.31. The second-order valence-corrected chi connectivity index (χ2v) is 26.5. The van der Waals surface area contributed by atoms with Crippen molar-refractivity contribution in [1.82, 2.24) is 0 Å². The highest BCUT2D eigenvalue weighted by molar-refractivity contribution is 7.00. The van der Waals surface area contributed by atoms with Crippen LogP contribution in [-0.2, 0) is 32.5 Å². The third-order valence-electron chi connectivity index (χ3n) is 17.5. The fraction of sp³-hybridized carbons (Fsp3) is 0.373. The molecule has 7 aromatic carbocycles. The second-order valence-electron chi connectivity index (χ2n) is 26.5. The number of fused-ring (bicyclic) bond motifs is 6. The lowest BCUT2D eigenvalue weighted by molar-refractivity contribution is 0.332. The molecular weight excluding hydrogens is 844 g/mol. The van der Waals surface area contributed by atoms with Gasteiger partial charge in [0.15, 0.2) is 0 Å². The lowest BCUT2D eigenvalue weighted by Crippen LogP contribution is -2.62. The number of benzene rings is 7. The summed E-state index contributed by atoms with van der Waals surface area (Å²) in [4.78, 5) is 5.40. The SMILES string of the molecule is Cc1cc2c3c(c1)N(c1cc(-c4ccccc4)c(C(C)(C)C)cc1-c1ccccc1)c1cc(C(C)(C)C)ccc1B3c1cc3c(cc1N2c1ccc2c(c1)C(C)(C)CCC2(C)C)C(C)(C)CCC3(C)C. The maximum atomic E-state index is 2.70. The van der Waals surface area contributed by atoms with Gasteiger partial charge in [-0.05, 0) is 186 Å². The van der Waals surface area contributed by atoms with Crippen LogP contribution in [0.15, 0.2) is 133 Å². The third kappa shape index (κ3) is 7.34. The van der Waals surface area contributed by atoms with Crippen molar-refractivity contribution >= 4 is 57.2 Å². The molecule has 4 aliphatic rings. The summed E-state index contributed by atoms with van der Waals surface area (Å²) in [5, 5.41) is 0. The average molecular weight is 919 g/mol. The van der Waals surface area contributed by atoms with E-state index in [-0.39, 0.29) is 39.2 Å². The smallest absolute Gasteiger partial charge is 0.252 e. The standard InChI is InChI=1S/C67H75BN2/c1-42-34-59-61-60(35-42)70(56-39-47(43-22-18-16-19-23-43)50(63(5,6)7)38-48(56)44-24-20-17-21-25-44)57-36-45(62(2,3)4)26-29-54(57)68(61)55-40-52-53(67(14,15)33-32-66(52,12)13)41-58(55)69(59)46-27-28-49-51(37-46)65(10,11)31-30-64(49,8)9/h16-29,34-41H,30-33H2,1-15H3. The largest absolute Gasteiger partial charge is 0.311 e. The molecule has 3 heteroatoms. The van der Waals surface area contributed by atoms with Gasteiger partial charge >= 0.3 is 0 Å². The molecule has 0 aromatic heterocycles. The molecule has 2 aliphatic heterocycles. The molecule has 0 atom stereocenters. The predicted molar refractivity (Wildman–Crippen MR) is 304 cm³/mol. The van der Waals surface area contributed by atoms with Crippen LogP contribution in [-0.4, -0.2) is 6.71 Å². The molecule has 0 saturated carbocycles. The van der Waals surface area contributed by atoms with E-state index in [1.165, 1.54) is 137 Å². The van der Waals surface area contributed by atoms with Crippen LogP contribution >= 0.6 is 0 Å². The van der Waals surface area contributed by atoms with E-state index in [9.17, 15) is 0 Å². The van der Waals surface area contributed by atoms with E-state index < -0.39 is 0 Å². The molecule has 0 spiro atoms. The number of hydrogen-bond acceptors (Lipinski definition) is 2. The highest BCUT2D eigenvalue weighted by atomic mass is 15.2. The zero-order valence-electron chi connectivity index (χ0n) is 45.0. The lowest BCUT2D eigenvalue weighted by Gasteiger charge is -2.48. The first-order chi connectivity index (χ1) is 32.9. The van der Waals surface area contributed by atoms with E-state index in [1.54, 1.807) is 0 Å². The first kappa shape index (κ1) is 46.6. The summed E-state index contributed by atoms with van der Waals surface area (Å²) >= 11 is 0. The van der Waals surface area contributed by atoms with Gasteiger partial charge in [0.05, 0.1) is 5.69 Å². The van der Waals surface area contributed by atoms with Crippen molar-refractivity contribution in [2.45, 2.75) is 162 Å². The summed E-state index contributed by atoms with van der Waals surface area (Å²) in [7, 11) is 0. The van der Waals surface area contributed by atoms with Gasteiger partial charge in [-0.15, -0.1) is 0 Å². The molecule has 0 amide bonds. The Morgan fingerprint density at radius 3 is 1.50 bits per heavy atom. The summed E-state index contributed by atoms with van der Waals surface area (Å²) in [6.07, 6.45) is 4.72. The van der Waals surface area contributed by atoms with Gasteiger partial charge in [-0.2, -0.15) is 0 Å². The summed E-state index contributed by atoms with van der Waals surface area (Å²) in [6, 6.07) is 52.8. The maximum absolute atomic E-state index is 2.70. The number of hydrogen-bond donors (Lipinski definition) is 0. The van der Waals surface area contributed by atoms with Gasteiger partial charge in [-0.25, -0.2) is 0 Å². The molecule has 356 valence electrons. The summed E-state index contributed by atoms with van der Waals surface area (Å²) in [5.41, 5.74) is 26.9. The van der Waals surface area contributed by atoms with Crippen molar-refractivity contribution < 1.29 is 0 Å². The molecule has 0 unspecified atom stereocenters. The minimum atomic E-state index is -0.107. The van der Waals surface area contributed by atoms with E-state index >= 15 is 0 Å². The Balaban J connectivity index is 1.29. The summed E-state index contributed by atoms with van der Waals surface area (Å²) in [5.74, 6) is 0. The van der Waals surface area contributed by atoms with Crippen molar-refractivity contribution in [2.24, 2.45) is 0 Å². The quantitative estimate of drug-likeness (QED) is 0.162. The highest BCUT2D eigenvalue weighted by Crippen LogP contribution is 2.54. The zero-order chi connectivity index (χ0) is 49.7. The van der Waals surface area contributed by atoms with E-state index in [4.69, 9.17) is 0 Å². The summed E-state index contributed by atoms with van der Waals surface area (Å²) in [6.45, 7) is 36.4. The van der Waals surface area contributed by atoms with E-state index in [1.807, 2.05) is 0 Å². The number of anilines is 6. The predicted octanol–water partition coefficient (Wildman–Crippen LogP) is 16.7. The van der Waals surface area contributed by atoms with Crippen molar-refractivity contribution in [3.8, 4) is 22.3 Å². The van der Waals surface area contributed by atoms with Crippen LogP contribution < -0.4 is 26.2 Å². The maximum Gasteiger partial charge on any atom is 0.252 e. The Kier molecular flexibility index (Phi) is 10.4. The molecule has 7 aromatic rings.